The highest BCUT2D eigenvalue weighted by Crippen LogP contribution is 2.10. The van der Waals surface area contributed by atoms with Crippen LogP contribution in [0.25, 0.3) is 0 Å². The van der Waals surface area contributed by atoms with Gasteiger partial charge in [-0.3, -0.25) is 9.63 Å². The van der Waals surface area contributed by atoms with Crippen LogP contribution in [0.15, 0.2) is 54.6 Å². The Hall–Kier alpha value is -2.66. The van der Waals surface area contributed by atoms with E-state index in [-0.39, 0.29) is 12.5 Å². The number of carbonyl (C=O) groups excluding carboxylic acids is 2. The summed E-state index contributed by atoms with van der Waals surface area (Å²) >= 11 is 0. The normalized spacial score (nSPS) is 11.0. The third-order valence-electron chi connectivity index (χ3n) is 3.05. The highest BCUT2D eigenvalue weighted by atomic mass is 16.7. The largest absolute Gasteiger partial charge is 0.457 e. The summed E-state index contributed by atoms with van der Waals surface area (Å²) in [6.45, 7) is 5.71. The third-order valence-corrected chi connectivity index (χ3v) is 3.05. The lowest BCUT2D eigenvalue weighted by molar-refractivity contribution is -0.0589. The molecule has 5 heteroatoms. The molecular formula is C19H21NO4. The van der Waals surface area contributed by atoms with E-state index in [4.69, 9.17) is 9.57 Å². The first-order chi connectivity index (χ1) is 11.3. The number of hydroxylamine groups is 1. The molecule has 1 N–H and O–H groups in total. The number of nitrogens with one attached hydrogen (secondary N) is 1. The van der Waals surface area contributed by atoms with E-state index in [0.717, 1.165) is 5.56 Å². The van der Waals surface area contributed by atoms with Crippen molar-refractivity contribution in [3.63, 3.8) is 0 Å². The molecule has 0 aliphatic carbocycles. The molecule has 0 fully saturated rings. The zero-order chi connectivity index (χ0) is 17.6. The second-order valence-electron chi connectivity index (χ2n) is 6.28. The zero-order valence-corrected chi connectivity index (χ0v) is 14.0. The van der Waals surface area contributed by atoms with Gasteiger partial charge in [-0.15, -0.1) is 0 Å². The van der Waals surface area contributed by atoms with Crippen molar-refractivity contribution in [2.75, 3.05) is 0 Å². The van der Waals surface area contributed by atoms with Gasteiger partial charge >= 0.3 is 5.97 Å². The van der Waals surface area contributed by atoms with Gasteiger partial charge in [-0.25, -0.2) is 10.3 Å². The van der Waals surface area contributed by atoms with Gasteiger partial charge in [0.15, 0.2) is 0 Å². The molecule has 0 aliphatic rings. The fraction of sp³-hybridized carbons (Fsp3) is 0.263. The smallest absolute Gasteiger partial charge is 0.338 e. The molecule has 0 unspecified atom stereocenters. The molecule has 2 aromatic rings. The van der Waals surface area contributed by atoms with Gasteiger partial charge in [0.05, 0.1) is 11.2 Å². The van der Waals surface area contributed by atoms with Crippen molar-refractivity contribution in [1.29, 1.82) is 0 Å². The lowest BCUT2D eigenvalue weighted by atomic mass is 10.1. The van der Waals surface area contributed by atoms with Crippen molar-refractivity contribution in [3.8, 4) is 0 Å². The Morgan fingerprint density at radius 1 is 0.917 bits per heavy atom. The van der Waals surface area contributed by atoms with Crippen LogP contribution in [0.2, 0.25) is 0 Å². The molecule has 0 spiro atoms. The number of amides is 1. The number of benzene rings is 2. The fourth-order valence-corrected chi connectivity index (χ4v) is 1.82. The number of esters is 1. The third kappa shape index (κ3) is 5.52. The highest BCUT2D eigenvalue weighted by Gasteiger charge is 2.14. The summed E-state index contributed by atoms with van der Waals surface area (Å²) in [5.41, 5.74) is 3.61. The molecule has 0 saturated heterocycles. The summed E-state index contributed by atoms with van der Waals surface area (Å²) in [6.07, 6.45) is 0. The van der Waals surface area contributed by atoms with E-state index in [0.29, 0.717) is 11.1 Å². The van der Waals surface area contributed by atoms with Gasteiger partial charge in [0.2, 0.25) is 0 Å². The number of rotatable bonds is 5. The number of hydrogen-bond donors (Lipinski definition) is 1. The predicted molar refractivity (Wildman–Crippen MR) is 90.3 cm³/mol. The average molecular weight is 327 g/mol. The van der Waals surface area contributed by atoms with Crippen LogP contribution < -0.4 is 5.48 Å². The summed E-state index contributed by atoms with van der Waals surface area (Å²) < 4.78 is 5.24. The first-order valence-electron chi connectivity index (χ1n) is 7.64. The summed E-state index contributed by atoms with van der Waals surface area (Å²) in [4.78, 5) is 29.2. The predicted octanol–water partition coefficient (Wildman–Crippen LogP) is 3.50. The molecule has 0 saturated carbocycles. The van der Waals surface area contributed by atoms with Crippen molar-refractivity contribution in [3.05, 3.63) is 71.3 Å². The van der Waals surface area contributed by atoms with Crippen LogP contribution in [0.5, 0.6) is 0 Å². The maximum absolute atomic E-state index is 12.0. The van der Waals surface area contributed by atoms with E-state index in [1.54, 1.807) is 24.3 Å². The molecule has 0 radical (unpaired) electrons. The first kappa shape index (κ1) is 17.7. The van der Waals surface area contributed by atoms with Crippen molar-refractivity contribution in [1.82, 2.24) is 5.48 Å². The van der Waals surface area contributed by atoms with E-state index in [1.165, 1.54) is 0 Å². The van der Waals surface area contributed by atoms with Crippen molar-refractivity contribution in [2.24, 2.45) is 0 Å². The van der Waals surface area contributed by atoms with E-state index in [9.17, 15) is 9.59 Å². The Balaban J connectivity index is 1.91. The topological polar surface area (TPSA) is 64.6 Å². The van der Waals surface area contributed by atoms with Crippen molar-refractivity contribution in [2.45, 2.75) is 33.0 Å². The molecule has 126 valence electrons. The number of ether oxygens (including phenoxy) is 1. The molecule has 0 bridgehead atoms. The molecule has 0 heterocycles. The number of hydrogen-bond acceptors (Lipinski definition) is 4. The van der Waals surface area contributed by atoms with Gasteiger partial charge in [0, 0.05) is 5.56 Å². The second kappa shape index (κ2) is 7.75. The van der Waals surface area contributed by atoms with Crippen LogP contribution in [0.3, 0.4) is 0 Å². The quantitative estimate of drug-likeness (QED) is 0.674. The minimum absolute atomic E-state index is 0.210. The van der Waals surface area contributed by atoms with Crippen LogP contribution in [0.1, 0.15) is 47.1 Å². The monoisotopic (exact) mass is 327 g/mol. The van der Waals surface area contributed by atoms with Gasteiger partial charge < -0.3 is 4.74 Å². The SMILES string of the molecule is CC(C)(C)ONC(=O)c1ccc(C(=O)OCc2ccccc2)cc1. The Morgan fingerprint density at radius 3 is 2.08 bits per heavy atom. The molecule has 0 aliphatic heterocycles. The van der Waals surface area contributed by atoms with E-state index in [1.807, 2.05) is 51.1 Å². The maximum Gasteiger partial charge on any atom is 0.338 e. The molecule has 2 aromatic carbocycles. The molecular weight excluding hydrogens is 306 g/mol. The van der Waals surface area contributed by atoms with Gasteiger partial charge in [-0.05, 0) is 50.6 Å². The molecule has 5 nitrogen and oxygen atoms in total. The fourth-order valence-electron chi connectivity index (χ4n) is 1.82. The standard InChI is InChI=1S/C19H21NO4/c1-19(2,3)24-20-17(21)15-9-11-16(12-10-15)18(22)23-13-14-7-5-4-6-8-14/h4-12H,13H2,1-3H3,(H,20,21). The average Bonchev–Trinajstić information content (AvgIpc) is 2.58. The van der Waals surface area contributed by atoms with E-state index >= 15 is 0 Å². The first-order valence-corrected chi connectivity index (χ1v) is 7.64. The van der Waals surface area contributed by atoms with E-state index in [2.05, 4.69) is 5.48 Å². The summed E-state index contributed by atoms with van der Waals surface area (Å²) in [5.74, 6) is -0.800. The molecule has 0 atom stereocenters. The Kier molecular flexibility index (Phi) is 5.71. The maximum atomic E-state index is 12.0. The summed E-state index contributed by atoms with van der Waals surface area (Å²) in [5, 5.41) is 0. The van der Waals surface area contributed by atoms with Gasteiger partial charge in [-0.2, -0.15) is 0 Å². The molecule has 24 heavy (non-hydrogen) atoms. The highest BCUT2D eigenvalue weighted by molar-refractivity contribution is 5.95. The van der Waals surface area contributed by atoms with Gasteiger partial charge in [-0.1, -0.05) is 30.3 Å². The second-order valence-corrected chi connectivity index (χ2v) is 6.28. The zero-order valence-electron chi connectivity index (χ0n) is 14.0. The lowest BCUT2D eigenvalue weighted by Crippen LogP contribution is -2.33. The minimum atomic E-state index is -0.475. The summed E-state index contributed by atoms with van der Waals surface area (Å²) in [7, 11) is 0. The Bertz CT molecular complexity index is 688. The van der Waals surface area contributed by atoms with Crippen molar-refractivity contribution < 1.29 is 19.2 Å². The van der Waals surface area contributed by atoms with E-state index < -0.39 is 11.6 Å². The lowest BCUT2D eigenvalue weighted by Gasteiger charge is -2.18. The Morgan fingerprint density at radius 2 is 1.50 bits per heavy atom. The van der Waals surface area contributed by atoms with Crippen LogP contribution in [-0.4, -0.2) is 17.5 Å². The minimum Gasteiger partial charge on any atom is -0.457 e. The van der Waals surface area contributed by atoms with Crippen LogP contribution in [0, 0.1) is 0 Å². The number of carbonyl (C=O) groups is 2. The summed E-state index contributed by atoms with van der Waals surface area (Å²) in [6, 6.07) is 15.7. The van der Waals surface area contributed by atoms with Crippen LogP contribution in [0.4, 0.5) is 0 Å². The molecule has 0 aromatic heterocycles. The van der Waals surface area contributed by atoms with Crippen molar-refractivity contribution >= 4 is 11.9 Å². The molecule has 2 rings (SSSR count). The van der Waals surface area contributed by atoms with Gasteiger partial charge in [0.25, 0.3) is 5.91 Å². The van der Waals surface area contributed by atoms with Crippen LogP contribution >= 0.6 is 0 Å². The Labute approximate surface area is 141 Å². The molecule has 1 amide bonds. The van der Waals surface area contributed by atoms with Gasteiger partial charge in [0.1, 0.15) is 6.61 Å². The van der Waals surface area contributed by atoms with Crippen LogP contribution in [-0.2, 0) is 16.2 Å².